The zero-order valence-corrected chi connectivity index (χ0v) is 19.4. The van der Waals surface area contributed by atoms with Crippen molar-refractivity contribution in [3.8, 4) is 5.75 Å². The van der Waals surface area contributed by atoms with Crippen LogP contribution in [-0.2, 0) is 6.54 Å². The molecule has 0 bridgehead atoms. The zero-order valence-electron chi connectivity index (χ0n) is 17.0. The first kappa shape index (κ1) is 26.7. The van der Waals surface area contributed by atoms with Gasteiger partial charge in [0.25, 0.3) is 0 Å². The standard InChI is InChI=1S/C22H27ClN2O3.2ClH/c1-17(26)21-4-2-3-5-22(21)28-16-20(27)15-25-12-10-24(11-13-25)14-18-6-8-19(23)9-7-18;;/h2-9,20,27H,10-16H2,1H3;2*1H. The van der Waals surface area contributed by atoms with Crippen molar-refractivity contribution in [3.05, 3.63) is 64.7 Å². The Labute approximate surface area is 195 Å². The SMILES string of the molecule is CC(=O)c1ccccc1OCC(O)CN1CCN(Cc2ccc(Cl)cc2)CC1.Cl.Cl. The van der Waals surface area contributed by atoms with Crippen molar-refractivity contribution < 1.29 is 14.6 Å². The molecule has 1 aliphatic rings. The van der Waals surface area contributed by atoms with Crippen LogP contribution < -0.4 is 4.74 Å². The van der Waals surface area contributed by atoms with Gasteiger partial charge in [-0.25, -0.2) is 0 Å². The second-order valence-electron chi connectivity index (χ2n) is 7.22. The van der Waals surface area contributed by atoms with E-state index in [1.54, 1.807) is 12.1 Å². The summed E-state index contributed by atoms with van der Waals surface area (Å²) >= 11 is 5.94. The first-order valence-electron chi connectivity index (χ1n) is 9.61. The van der Waals surface area contributed by atoms with Crippen molar-refractivity contribution in [1.29, 1.82) is 0 Å². The van der Waals surface area contributed by atoms with Crippen LogP contribution in [0.1, 0.15) is 22.8 Å². The average Bonchev–Trinajstić information content (AvgIpc) is 2.70. The second kappa shape index (κ2) is 13.2. The number of halogens is 3. The molecule has 1 heterocycles. The third kappa shape index (κ3) is 8.06. The fourth-order valence-electron chi connectivity index (χ4n) is 3.40. The molecule has 1 unspecified atom stereocenters. The number of benzene rings is 2. The molecule has 0 amide bonds. The number of para-hydroxylation sites is 1. The molecule has 0 radical (unpaired) electrons. The van der Waals surface area contributed by atoms with Crippen LogP contribution >= 0.6 is 36.4 Å². The van der Waals surface area contributed by atoms with E-state index in [0.29, 0.717) is 17.9 Å². The monoisotopic (exact) mass is 474 g/mol. The molecule has 1 N–H and O–H groups in total. The predicted octanol–water partition coefficient (Wildman–Crippen LogP) is 3.94. The minimum Gasteiger partial charge on any atom is -0.490 e. The number of rotatable bonds is 8. The highest BCUT2D eigenvalue weighted by Crippen LogP contribution is 2.19. The van der Waals surface area contributed by atoms with E-state index in [0.717, 1.165) is 37.7 Å². The lowest BCUT2D eigenvalue weighted by molar-refractivity contribution is 0.0443. The topological polar surface area (TPSA) is 53.0 Å². The summed E-state index contributed by atoms with van der Waals surface area (Å²) < 4.78 is 5.69. The Morgan fingerprint density at radius 3 is 2.27 bits per heavy atom. The molecule has 1 aliphatic heterocycles. The number of aliphatic hydroxyl groups is 1. The molecule has 0 saturated carbocycles. The summed E-state index contributed by atoms with van der Waals surface area (Å²) in [5.41, 5.74) is 1.81. The van der Waals surface area contributed by atoms with Gasteiger partial charge in [-0.1, -0.05) is 35.9 Å². The van der Waals surface area contributed by atoms with Crippen LogP contribution in [0.3, 0.4) is 0 Å². The highest BCUT2D eigenvalue weighted by molar-refractivity contribution is 6.30. The van der Waals surface area contributed by atoms with E-state index < -0.39 is 6.10 Å². The van der Waals surface area contributed by atoms with Gasteiger partial charge in [0.05, 0.1) is 5.56 Å². The molecule has 1 saturated heterocycles. The van der Waals surface area contributed by atoms with Gasteiger partial charge in [0.1, 0.15) is 18.5 Å². The van der Waals surface area contributed by atoms with Gasteiger partial charge in [-0.15, -0.1) is 24.8 Å². The Morgan fingerprint density at radius 2 is 1.63 bits per heavy atom. The number of piperazine rings is 1. The number of Topliss-reactive ketones (excluding diaryl/α,β-unsaturated/α-hetero) is 1. The van der Waals surface area contributed by atoms with Crippen LogP contribution in [0.5, 0.6) is 5.75 Å². The van der Waals surface area contributed by atoms with Crippen molar-refractivity contribution in [2.75, 3.05) is 39.3 Å². The fraction of sp³-hybridized carbons (Fsp3) is 0.409. The van der Waals surface area contributed by atoms with Gasteiger partial charge in [-0.05, 0) is 36.8 Å². The summed E-state index contributed by atoms with van der Waals surface area (Å²) in [7, 11) is 0. The summed E-state index contributed by atoms with van der Waals surface area (Å²) in [6.45, 7) is 6.92. The smallest absolute Gasteiger partial charge is 0.163 e. The second-order valence-corrected chi connectivity index (χ2v) is 7.66. The fourth-order valence-corrected chi connectivity index (χ4v) is 3.52. The largest absolute Gasteiger partial charge is 0.490 e. The Kier molecular flexibility index (Phi) is 11.7. The minimum absolute atomic E-state index is 0. The molecular formula is C22H29Cl3N2O3. The lowest BCUT2D eigenvalue weighted by atomic mass is 10.1. The molecule has 166 valence electrons. The Morgan fingerprint density at radius 1 is 1.03 bits per heavy atom. The van der Waals surface area contributed by atoms with E-state index in [2.05, 4.69) is 21.9 Å². The third-order valence-electron chi connectivity index (χ3n) is 4.95. The maximum atomic E-state index is 11.6. The third-order valence-corrected chi connectivity index (χ3v) is 5.20. The van der Waals surface area contributed by atoms with E-state index >= 15 is 0 Å². The van der Waals surface area contributed by atoms with Crippen LogP contribution in [0, 0.1) is 0 Å². The summed E-state index contributed by atoms with van der Waals surface area (Å²) in [5.74, 6) is 0.490. The van der Waals surface area contributed by atoms with Crippen LogP contribution in [0.2, 0.25) is 5.02 Å². The van der Waals surface area contributed by atoms with E-state index in [1.807, 2.05) is 24.3 Å². The number of β-amino-alcohol motifs (C(OH)–C–C–N with tert-alkyl or cyclic N) is 1. The molecule has 1 atom stereocenters. The molecule has 2 aromatic carbocycles. The molecular weight excluding hydrogens is 447 g/mol. The number of hydrogen-bond acceptors (Lipinski definition) is 5. The lowest BCUT2D eigenvalue weighted by Crippen LogP contribution is -2.48. The molecule has 0 spiro atoms. The lowest BCUT2D eigenvalue weighted by Gasteiger charge is -2.35. The summed E-state index contributed by atoms with van der Waals surface area (Å²) in [6, 6.07) is 15.1. The Bertz CT molecular complexity index is 781. The first-order valence-corrected chi connectivity index (χ1v) is 9.99. The number of ketones is 1. The molecule has 8 heteroatoms. The maximum absolute atomic E-state index is 11.6. The quantitative estimate of drug-likeness (QED) is 0.586. The van der Waals surface area contributed by atoms with Crippen molar-refractivity contribution in [2.45, 2.75) is 19.6 Å². The zero-order chi connectivity index (χ0) is 19.9. The minimum atomic E-state index is -0.595. The number of carbonyl (C=O) groups is 1. The van der Waals surface area contributed by atoms with Crippen LogP contribution in [0.4, 0.5) is 0 Å². The number of hydrogen-bond donors (Lipinski definition) is 1. The highest BCUT2D eigenvalue weighted by atomic mass is 35.5. The van der Waals surface area contributed by atoms with E-state index in [1.165, 1.54) is 12.5 Å². The van der Waals surface area contributed by atoms with Gasteiger partial charge in [-0.3, -0.25) is 14.6 Å². The molecule has 1 fully saturated rings. The van der Waals surface area contributed by atoms with Crippen molar-refractivity contribution in [1.82, 2.24) is 9.80 Å². The molecule has 30 heavy (non-hydrogen) atoms. The van der Waals surface area contributed by atoms with Gasteiger partial charge in [-0.2, -0.15) is 0 Å². The van der Waals surface area contributed by atoms with Gasteiger partial charge in [0.15, 0.2) is 5.78 Å². The maximum Gasteiger partial charge on any atom is 0.163 e. The number of ether oxygens (including phenoxy) is 1. The molecule has 0 aromatic heterocycles. The van der Waals surface area contributed by atoms with Gasteiger partial charge < -0.3 is 9.84 Å². The molecule has 5 nitrogen and oxygen atoms in total. The number of carbonyl (C=O) groups excluding carboxylic acids is 1. The normalized spacial score (nSPS) is 15.6. The van der Waals surface area contributed by atoms with Crippen molar-refractivity contribution in [3.63, 3.8) is 0 Å². The number of aliphatic hydroxyl groups excluding tert-OH is 1. The van der Waals surface area contributed by atoms with Crippen molar-refractivity contribution in [2.24, 2.45) is 0 Å². The Hall–Kier alpha value is -1.34. The van der Waals surface area contributed by atoms with Gasteiger partial charge >= 0.3 is 0 Å². The summed E-state index contributed by atoms with van der Waals surface area (Å²) in [4.78, 5) is 16.3. The summed E-state index contributed by atoms with van der Waals surface area (Å²) in [5, 5.41) is 11.1. The van der Waals surface area contributed by atoms with Crippen LogP contribution in [0.25, 0.3) is 0 Å². The average molecular weight is 476 g/mol. The van der Waals surface area contributed by atoms with E-state index in [4.69, 9.17) is 16.3 Å². The molecule has 0 aliphatic carbocycles. The summed E-state index contributed by atoms with van der Waals surface area (Å²) in [6.07, 6.45) is -0.595. The first-order chi connectivity index (χ1) is 13.5. The Balaban J connectivity index is 0.00000225. The highest BCUT2D eigenvalue weighted by Gasteiger charge is 2.20. The van der Waals surface area contributed by atoms with E-state index in [9.17, 15) is 9.90 Å². The van der Waals surface area contributed by atoms with Gasteiger partial charge in [0, 0.05) is 44.3 Å². The number of nitrogens with zero attached hydrogens (tertiary/aromatic N) is 2. The van der Waals surface area contributed by atoms with Gasteiger partial charge in [0.2, 0.25) is 0 Å². The molecule has 3 rings (SSSR count). The van der Waals surface area contributed by atoms with E-state index in [-0.39, 0.29) is 37.2 Å². The van der Waals surface area contributed by atoms with Crippen LogP contribution in [-0.4, -0.2) is 66.1 Å². The van der Waals surface area contributed by atoms with Crippen LogP contribution in [0.15, 0.2) is 48.5 Å². The molecule has 2 aromatic rings. The predicted molar refractivity (Wildman–Crippen MR) is 126 cm³/mol. The van der Waals surface area contributed by atoms with Crippen molar-refractivity contribution >= 4 is 42.2 Å².